The molecule has 108 valence electrons. The Morgan fingerprint density at radius 2 is 1.55 bits per heavy atom. The number of rotatable bonds is 2. The van der Waals surface area contributed by atoms with Crippen molar-refractivity contribution < 1.29 is 19.2 Å². The zero-order valence-corrected chi connectivity index (χ0v) is 12.5. The summed E-state index contributed by atoms with van der Waals surface area (Å²) in [5, 5.41) is 8.93. The summed E-state index contributed by atoms with van der Waals surface area (Å²) in [7, 11) is 1.08. The van der Waals surface area contributed by atoms with E-state index in [-0.39, 0.29) is 11.2 Å². The molecule has 1 aliphatic rings. The summed E-state index contributed by atoms with van der Waals surface area (Å²) in [6.45, 7) is 8.00. The van der Waals surface area contributed by atoms with Crippen LogP contribution in [0.1, 0.15) is 27.7 Å². The predicted octanol–water partition coefficient (Wildman–Crippen LogP) is 2.10. The molecule has 1 amide bonds. The Kier molecular flexibility index (Phi) is 3.56. The maximum absolute atomic E-state index is 10.9. The van der Waals surface area contributed by atoms with Gasteiger partial charge in [0.2, 0.25) is 0 Å². The van der Waals surface area contributed by atoms with Crippen LogP contribution >= 0.6 is 0 Å². The van der Waals surface area contributed by atoms with Crippen LogP contribution in [-0.2, 0) is 9.31 Å². The summed E-state index contributed by atoms with van der Waals surface area (Å²) in [6.07, 6.45) is -0.992. The first-order valence-corrected chi connectivity index (χ1v) is 6.56. The molecule has 1 aromatic rings. The predicted molar refractivity (Wildman–Crippen MR) is 78.6 cm³/mol. The molecule has 20 heavy (non-hydrogen) atoms. The van der Waals surface area contributed by atoms with Crippen LogP contribution in [0.3, 0.4) is 0 Å². The first-order valence-electron chi connectivity index (χ1n) is 6.56. The van der Waals surface area contributed by atoms with Crippen LogP contribution in [0.4, 0.5) is 10.5 Å². The molecular formula is C14H20BNO4. The fourth-order valence-corrected chi connectivity index (χ4v) is 1.94. The van der Waals surface area contributed by atoms with Crippen molar-refractivity contribution in [3.63, 3.8) is 0 Å². The van der Waals surface area contributed by atoms with E-state index in [2.05, 4.69) is 0 Å². The fourth-order valence-electron chi connectivity index (χ4n) is 1.94. The molecule has 0 spiro atoms. The van der Waals surface area contributed by atoms with Gasteiger partial charge in [-0.05, 0) is 45.3 Å². The lowest BCUT2D eigenvalue weighted by Crippen LogP contribution is -2.41. The highest BCUT2D eigenvalue weighted by atomic mass is 16.7. The number of hydrogen-bond acceptors (Lipinski definition) is 3. The van der Waals surface area contributed by atoms with E-state index in [1.165, 1.54) is 7.05 Å². The van der Waals surface area contributed by atoms with Crippen molar-refractivity contribution >= 4 is 24.4 Å². The summed E-state index contributed by atoms with van der Waals surface area (Å²) >= 11 is 0. The van der Waals surface area contributed by atoms with Crippen LogP contribution in [-0.4, -0.2) is 36.6 Å². The van der Waals surface area contributed by atoms with Gasteiger partial charge in [0, 0.05) is 12.7 Å². The molecule has 1 aliphatic heterocycles. The molecule has 1 aromatic carbocycles. The Morgan fingerprint density at radius 3 is 1.95 bits per heavy atom. The van der Waals surface area contributed by atoms with Crippen LogP contribution < -0.4 is 10.4 Å². The lowest BCUT2D eigenvalue weighted by molar-refractivity contribution is 0.00578. The minimum absolute atomic E-state index is 0.381. The Hall–Kier alpha value is -1.53. The van der Waals surface area contributed by atoms with Crippen LogP contribution in [0.15, 0.2) is 24.3 Å². The average Bonchev–Trinajstić information content (AvgIpc) is 2.57. The molecule has 0 unspecified atom stereocenters. The average molecular weight is 277 g/mol. The first kappa shape index (κ1) is 14.9. The van der Waals surface area contributed by atoms with Gasteiger partial charge in [0.05, 0.1) is 11.2 Å². The van der Waals surface area contributed by atoms with Crippen molar-refractivity contribution in [3.05, 3.63) is 24.3 Å². The number of amides is 1. The second-order valence-electron chi connectivity index (χ2n) is 6.02. The molecule has 5 nitrogen and oxygen atoms in total. The van der Waals surface area contributed by atoms with E-state index >= 15 is 0 Å². The molecule has 0 bridgehead atoms. The molecule has 6 heteroatoms. The molecule has 1 fully saturated rings. The Labute approximate surface area is 119 Å². The third kappa shape index (κ3) is 2.53. The summed E-state index contributed by atoms with van der Waals surface area (Å²) < 4.78 is 11.9. The standard InChI is InChI=1S/C14H20BNO4/c1-13(2)14(3,4)20-15(19-13)10-6-8-11(9-7-10)16(5)12(17)18/h6-9H,1-5H3,(H,17,18). The van der Waals surface area contributed by atoms with Crippen molar-refractivity contribution in [1.82, 2.24) is 0 Å². The van der Waals surface area contributed by atoms with E-state index in [0.717, 1.165) is 10.4 Å². The van der Waals surface area contributed by atoms with Gasteiger partial charge in [0.1, 0.15) is 0 Å². The van der Waals surface area contributed by atoms with Crippen LogP contribution in [0.2, 0.25) is 0 Å². The normalized spacial score (nSPS) is 19.9. The van der Waals surface area contributed by atoms with E-state index in [1.807, 2.05) is 39.8 Å². The summed E-state index contributed by atoms with van der Waals surface area (Å²) in [6, 6.07) is 7.15. The highest BCUT2D eigenvalue weighted by Crippen LogP contribution is 2.36. The minimum atomic E-state index is -0.992. The zero-order valence-electron chi connectivity index (χ0n) is 12.5. The van der Waals surface area contributed by atoms with E-state index in [4.69, 9.17) is 14.4 Å². The molecule has 1 saturated heterocycles. The summed E-state index contributed by atoms with van der Waals surface area (Å²) in [5.74, 6) is 0. The van der Waals surface area contributed by atoms with Crippen molar-refractivity contribution in [1.29, 1.82) is 0 Å². The van der Waals surface area contributed by atoms with Gasteiger partial charge in [0.25, 0.3) is 0 Å². The molecule has 0 saturated carbocycles. The quantitative estimate of drug-likeness (QED) is 0.841. The van der Waals surface area contributed by atoms with Gasteiger partial charge in [-0.15, -0.1) is 0 Å². The third-order valence-corrected chi connectivity index (χ3v) is 4.09. The number of benzene rings is 1. The number of nitrogens with zero attached hydrogens (tertiary/aromatic N) is 1. The van der Waals surface area contributed by atoms with Crippen LogP contribution in [0.5, 0.6) is 0 Å². The van der Waals surface area contributed by atoms with Crippen LogP contribution in [0.25, 0.3) is 0 Å². The molecule has 0 aromatic heterocycles. The van der Waals surface area contributed by atoms with Gasteiger partial charge in [0.15, 0.2) is 0 Å². The largest absolute Gasteiger partial charge is 0.494 e. The number of hydrogen-bond donors (Lipinski definition) is 1. The van der Waals surface area contributed by atoms with Crippen molar-refractivity contribution in [3.8, 4) is 0 Å². The molecular weight excluding hydrogens is 257 g/mol. The van der Waals surface area contributed by atoms with Crippen LogP contribution in [0, 0.1) is 0 Å². The molecule has 2 rings (SSSR count). The third-order valence-electron chi connectivity index (χ3n) is 4.09. The van der Waals surface area contributed by atoms with Gasteiger partial charge in [-0.2, -0.15) is 0 Å². The smallest absolute Gasteiger partial charge is 0.465 e. The van der Waals surface area contributed by atoms with Crippen molar-refractivity contribution in [2.45, 2.75) is 38.9 Å². The molecule has 1 N–H and O–H groups in total. The van der Waals surface area contributed by atoms with E-state index in [0.29, 0.717) is 5.69 Å². The Bertz CT molecular complexity index is 496. The molecule has 1 heterocycles. The molecule has 0 aliphatic carbocycles. The first-order chi connectivity index (χ1) is 9.14. The van der Waals surface area contributed by atoms with E-state index < -0.39 is 13.2 Å². The van der Waals surface area contributed by atoms with Gasteiger partial charge >= 0.3 is 13.2 Å². The highest BCUT2D eigenvalue weighted by Gasteiger charge is 2.51. The maximum atomic E-state index is 10.9. The lowest BCUT2D eigenvalue weighted by Gasteiger charge is -2.32. The van der Waals surface area contributed by atoms with Gasteiger partial charge in [-0.1, -0.05) is 12.1 Å². The maximum Gasteiger partial charge on any atom is 0.494 e. The highest BCUT2D eigenvalue weighted by molar-refractivity contribution is 6.62. The van der Waals surface area contributed by atoms with E-state index in [1.54, 1.807) is 12.1 Å². The second-order valence-corrected chi connectivity index (χ2v) is 6.02. The van der Waals surface area contributed by atoms with Gasteiger partial charge in [-0.25, -0.2) is 4.79 Å². The van der Waals surface area contributed by atoms with Crippen molar-refractivity contribution in [2.75, 3.05) is 11.9 Å². The zero-order chi connectivity index (χ0) is 15.1. The topological polar surface area (TPSA) is 59.0 Å². The van der Waals surface area contributed by atoms with Crippen molar-refractivity contribution in [2.24, 2.45) is 0 Å². The lowest BCUT2D eigenvalue weighted by atomic mass is 9.79. The Balaban J connectivity index is 2.18. The number of carbonyl (C=O) groups is 1. The monoisotopic (exact) mass is 277 g/mol. The van der Waals surface area contributed by atoms with E-state index in [9.17, 15) is 4.79 Å². The summed E-state index contributed by atoms with van der Waals surface area (Å²) in [4.78, 5) is 12.0. The molecule has 0 atom stereocenters. The number of anilines is 1. The minimum Gasteiger partial charge on any atom is -0.465 e. The Morgan fingerprint density at radius 1 is 1.10 bits per heavy atom. The SMILES string of the molecule is CN(C(=O)O)c1ccc(B2OC(C)(C)C(C)(C)O2)cc1. The van der Waals surface area contributed by atoms with Gasteiger partial charge < -0.3 is 14.4 Å². The molecule has 0 radical (unpaired) electrons. The summed E-state index contributed by atoms with van der Waals surface area (Å²) in [5.41, 5.74) is 0.728. The number of carboxylic acid groups (broad SMARTS) is 1. The second kappa shape index (κ2) is 4.79. The fraction of sp³-hybridized carbons (Fsp3) is 0.500. The van der Waals surface area contributed by atoms with Gasteiger partial charge in [-0.3, -0.25) is 4.90 Å².